The van der Waals surface area contributed by atoms with Crippen molar-refractivity contribution in [2.24, 2.45) is 11.8 Å². The van der Waals surface area contributed by atoms with Crippen LogP contribution < -0.4 is 10.6 Å². The molecule has 0 spiro atoms. The smallest absolute Gasteiger partial charge is 0.242 e. The third kappa shape index (κ3) is 1.83. The monoisotopic (exact) mass is 260 g/mol. The molecule has 2 aliphatic carbocycles. The number of H-pyrrole nitrogens is 1. The zero-order valence-electron chi connectivity index (χ0n) is 11.0. The number of nitrogens with one attached hydrogen (secondary N) is 3. The Labute approximate surface area is 112 Å². The van der Waals surface area contributed by atoms with E-state index in [2.05, 4.69) is 20.8 Å². The van der Waals surface area contributed by atoms with E-state index in [9.17, 15) is 4.79 Å². The van der Waals surface area contributed by atoms with Gasteiger partial charge in [-0.1, -0.05) is 0 Å². The van der Waals surface area contributed by atoms with Gasteiger partial charge in [0.2, 0.25) is 5.91 Å². The molecule has 19 heavy (non-hydrogen) atoms. The molecule has 5 heteroatoms. The van der Waals surface area contributed by atoms with E-state index >= 15 is 0 Å². The van der Waals surface area contributed by atoms with Gasteiger partial charge in [-0.3, -0.25) is 9.89 Å². The van der Waals surface area contributed by atoms with Gasteiger partial charge < -0.3 is 10.6 Å². The van der Waals surface area contributed by atoms with Crippen molar-refractivity contribution in [2.75, 3.05) is 5.32 Å². The SMILES string of the molecule is O=C(NC1CC[C@@H]2CC[C@H]12)C1CCc2cn[nH]c2N1. The molecule has 3 N–H and O–H groups in total. The first-order valence-electron chi connectivity index (χ1n) is 7.40. The van der Waals surface area contributed by atoms with E-state index in [1.807, 2.05) is 6.20 Å². The number of carbonyl (C=O) groups is 1. The molecule has 2 saturated carbocycles. The number of aryl methyl sites for hydroxylation is 1. The normalized spacial score (nSPS) is 35.8. The lowest BCUT2D eigenvalue weighted by Gasteiger charge is -2.35. The molecule has 0 saturated heterocycles. The molecule has 1 aliphatic heterocycles. The largest absolute Gasteiger partial charge is 0.359 e. The van der Waals surface area contributed by atoms with Crippen molar-refractivity contribution in [1.29, 1.82) is 0 Å². The van der Waals surface area contributed by atoms with Gasteiger partial charge in [0, 0.05) is 11.6 Å². The van der Waals surface area contributed by atoms with E-state index in [0.29, 0.717) is 6.04 Å². The lowest BCUT2D eigenvalue weighted by atomic mass is 9.75. The summed E-state index contributed by atoms with van der Waals surface area (Å²) in [6, 6.07) is 0.322. The molecule has 1 aromatic heterocycles. The van der Waals surface area contributed by atoms with Gasteiger partial charge in [0.25, 0.3) is 0 Å². The van der Waals surface area contributed by atoms with Gasteiger partial charge >= 0.3 is 0 Å². The highest BCUT2D eigenvalue weighted by Crippen LogP contribution is 2.46. The average Bonchev–Trinajstić information content (AvgIpc) is 2.93. The summed E-state index contributed by atoms with van der Waals surface area (Å²) >= 11 is 0. The standard InChI is InChI=1S/C14H20N4O/c19-14(17-11-5-2-8-1-4-10(8)11)12-6-3-9-7-15-18-13(9)16-12/h7-8,10-12H,1-6H2,(H,17,19)(H2,15,16,18)/t8-,10-,11?,12?/m0/s1. The lowest BCUT2D eigenvalue weighted by Crippen LogP contribution is -2.48. The third-order valence-electron chi connectivity index (χ3n) is 5.22. The highest BCUT2D eigenvalue weighted by atomic mass is 16.2. The van der Waals surface area contributed by atoms with Crippen LogP contribution in [0.5, 0.6) is 0 Å². The second-order valence-corrected chi connectivity index (χ2v) is 6.20. The van der Waals surface area contributed by atoms with Crippen LogP contribution >= 0.6 is 0 Å². The Balaban J connectivity index is 1.39. The molecule has 2 unspecified atom stereocenters. The Morgan fingerprint density at radius 1 is 1.26 bits per heavy atom. The van der Waals surface area contributed by atoms with Gasteiger partial charge in [0.05, 0.1) is 6.20 Å². The topological polar surface area (TPSA) is 69.8 Å². The summed E-state index contributed by atoms with van der Waals surface area (Å²) in [6.45, 7) is 0. The first-order valence-corrected chi connectivity index (χ1v) is 7.40. The predicted octanol–water partition coefficient (Wildman–Crippen LogP) is 1.44. The van der Waals surface area contributed by atoms with E-state index < -0.39 is 0 Å². The van der Waals surface area contributed by atoms with Crippen LogP contribution in [0.25, 0.3) is 0 Å². The molecule has 0 aromatic carbocycles. The molecule has 0 radical (unpaired) electrons. The van der Waals surface area contributed by atoms with Crippen molar-refractivity contribution in [3.63, 3.8) is 0 Å². The number of aromatic nitrogens is 2. The number of aromatic amines is 1. The van der Waals surface area contributed by atoms with Crippen molar-refractivity contribution in [2.45, 2.75) is 50.6 Å². The minimum Gasteiger partial charge on any atom is -0.359 e. The summed E-state index contributed by atoms with van der Waals surface area (Å²) in [5.74, 6) is 2.73. The van der Waals surface area contributed by atoms with E-state index in [0.717, 1.165) is 30.5 Å². The summed E-state index contributed by atoms with van der Waals surface area (Å²) in [4.78, 5) is 12.4. The fourth-order valence-electron chi connectivity index (χ4n) is 3.92. The van der Waals surface area contributed by atoms with Crippen molar-refractivity contribution >= 4 is 11.7 Å². The van der Waals surface area contributed by atoms with Gasteiger partial charge in [-0.25, -0.2) is 0 Å². The molecule has 2 heterocycles. The summed E-state index contributed by atoms with van der Waals surface area (Å²) in [5, 5.41) is 13.5. The first kappa shape index (κ1) is 11.3. The highest BCUT2D eigenvalue weighted by Gasteiger charge is 2.43. The second kappa shape index (κ2) is 4.25. The molecule has 4 rings (SSSR count). The number of amides is 1. The number of nitrogens with zero attached hydrogens (tertiary/aromatic N) is 1. The second-order valence-electron chi connectivity index (χ2n) is 6.20. The summed E-state index contributed by atoms with van der Waals surface area (Å²) < 4.78 is 0. The minimum atomic E-state index is -0.105. The van der Waals surface area contributed by atoms with E-state index in [1.54, 1.807) is 0 Å². The van der Waals surface area contributed by atoms with Crippen LogP contribution in [-0.2, 0) is 11.2 Å². The molecule has 4 atom stereocenters. The Morgan fingerprint density at radius 3 is 2.95 bits per heavy atom. The third-order valence-corrected chi connectivity index (χ3v) is 5.22. The van der Waals surface area contributed by atoms with E-state index in [-0.39, 0.29) is 11.9 Å². The van der Waals surface area contributed by atoms with Gasteiger partial charge in [0.15, 0.2) is 0 Å². The quantitative estimate of drug-likeness (QED) is 0.753. The fourth-order valence-corrected chi connectivity index (χ4v) is 3.92. The first-order chi connectivity index (χ1) is 9.31. The van der Waals surface area contributed by atoms with Gasteiger partial charge in [0.1, 0.15) is 11.9 Å². The lowest BCUT2D eigenvalue weighted by molar-refractivity contribution is -0.123. The molecule has 5 nitrogen and oxygen atoms in total. The fraction of sp³-hybridized carbons (Fsp3) is 0.714. The number of hydrogen-bond acceptors (Lipinski definition) is 3. The van der Waals surface area contributed by atoms with Crippen LogP contribution in [0, 0.1) is 11.8 Å². The molecule has 1 amide bonds. The summed E-state index contributed by atoms with van der Waals surface area (Å²) in [6.07, 6.45) is 8.77. The van der Waals surface area contributed by atoms with E-state index in [4.69, 9.17) is 0 Å². The van der Waals surface area contributed by atoms with Crippen LogP contribution in [0.15, 0.2) is 6.20 Å². The number of carbonyl (C=O) groups excluding carboxylic acids is 1. The molecule has 2 fully saturated rings. The number of fused-ring (bicyclic) bond motifs is 2. The van der Waals surface area contributed by atoms with Crippen molar-refractivity contribution < 1.29 is 4.79 Å². The molecule has 102 valence electrons. The summed E-state index contributed by atoms with van der Waals surface area (Å²) in [5.41, 5.74) is 1.18. The highest BCUT2D eigenvalue weighted by molar-refractivity contribution is 5.85. The maximum Gasteiger partial charge on any atom is 0.242 e. The number of rotatable bonds is 2. The van der Waals surface area contributed by atoms with Crippen LogP contribution in [0.2, 0.25) is 0 Å². The van der Waals surface area contributed by atoms with Crippen molar-refractivity contribution in [1.82, 2.24) is 15.5 Å². The van der Waals surface area contributed by atoms with Gasteiger partial charge in [-0.05, 0) is 50.4 Å². The number of hydrogen-bond donors (Lipinski definition) is 3. The Bertz CT molecular complexity index is 497. The van der Waals surface area contributed by atoms with Crippen LogP contribution in [0.3, 0.4) is 0 Å². The predicted molar refractivity (Wildman–Crippen MR) is 71.7 cm³/mol. The van der Waals surface area contributed by atoms with Crippen LogP contribution in [0.1, 0.15) is 37.7 Å². The summed E-state index contributed by atoms with van der Waals surface area (Å²) in [7, 11) is 0. The zero-order valence-corrected chi connectivity index (χ0v) is 11.0. The Kier molecular flexibility index (Phi) is 2.53. The zero-order chi connectivity index (χ0) is 12.8. The Morgan fingerprint density at radius 2 is 2.16 bits per heavy atom. The minimum absolute atomic E-state index is 0.105. The molecule has 1 aromatic rings. The maximum atomic E-state index is 12.4. The average molecular weight is 260 g/mol. The molecule has 3 aliphatic rings. The van der Waals surface area contributed by atoms with Gasteiger partial charge in [-0.2, -0.15) is 5.10 Å². The molecular weight excluding hydrogens is 240 g/mol. The molecular formula is C14H20N4O. The van der Waals surface area contributed by atoms with Gasteiger partial charge in [-0.15, -0.1) is 0 Å². The van der Waals surface area contributed by atoms with E-state index in [1.165, 1.54) is 31.2 Å². The van der Waals surface area contributed by atoms with Crippen molar-refractivity contribution in [3.05, 3.63) is 11.8 Å². The maximum absolute atomic E-state index is 12.4. The van der Waals surface area contributed by atoms with Crippen LogP contribution in [-0.4, -0.2) is 28.2 Å². The Hall–Kier alpha value is -1.52. The van der Waals surface area contributed by atoms with Crippen LogP contribution in [0.4, 0.5) is 5.82 Å². The number of anilines is 1. The van der Waals surface area contributed by atoms with Crippen molar-refractivity contribution in [3.8, 4) is 0 Å². The molecule has 0 bridgehead atoms.